The third-order valence-corrected chi connectivity index (χ3v) is 5.12. The van der Waals surface area contributed by atoms with Gasteiger partial charge < -0.3 is 19.3 Å². The van der Waals surface area contributed by atoms with E-state index in [1.54, 1.807) is 37.3 Å². The molecule has 2 atom stereocenters. The third kappa shape index (κ3) is 3.57. The number of likely N-dealkylation sites (tertiary alicyclic amines) is 1. The van der Waals surface area contributed by atoms with Crippen LogP contribution in [0.5, 0.6) is 11.5 Å². The molecule has 2 fully saturated rings. The molecule has 0 saturated carbocycles. The minimum Gasteiger partial charge on any atom is -0.497 e. The summed E-state index contributed by atoms with van der Waals surface area (Å²) in [5.74, 6) is 1.56. The van der Waals surface area contributed by atoms with E-state index in [2.05, 4.69) is 6.92 Å². The first-order valence-electron chi connectivity index (χ1n) is 8.84. The van der Waals surface area contributed by atoms with Gasteiger partial charge in [-0.2, -0.15) is 0 Å². The number of piperidine rings is 1. The van der Waals surface area contributed by atoms with Crippen molar-refractivity contribution >= 4 is 17.5 Å². The number of benzene rings is 1. The SMILES string of the molecule is COc1ccc(OC)c(N2C[C@H](C(=O)N3CCC[C@H](C)C3)CC2=O)c1. The lowest BCUT2D eigenvalue weighted by molar-refractivity contribution is -0.137. The second-order valence-electron chi connectivity index (χ2n) is 6.97. The molecule has 2 saturated heterocycles. The molecule has 1 aromatic carbocycles. The lowest BCUT2D eigenvalue weighted by Crippen LogP contribution is -2.43. The maximum absolute atomic E-state index is 12.8. The Hall–Kier alpha value is -2.24. The molecule has 136 valence electrons. The number of hydrogen-bond donors (Lipinski definition) is 0. The standard InChI is InChI=1S/C19H26N2O4/c1-13-5-4-8-20(11-13)19(23)14-9-18(22)21(12-14)16-10-15(24-2)6-7-17(16)25-3/h6-7,10,13-14H,4-5,8-9,11-12H2,1-3H3/t13-,14+/m0/s1. The molecule has 6 heteroatoms. The first-order chi connectivity index (χ1) is 12.0. The second kappa shape index (κ2) is 7.33. The van der Waals surface area contributed by atoms with Crippen LogP contribution in [0, 0.1) is 11.8 Å². The highest BCUT2D eigenvalue weighted by atomic mass is 16.5. The van der Waals surface area contributed by atoms with Gasteiger partial charge in [0.2, 0.25) is 11.8 Å². The van der Waals surface area contributed by atoms with E-state index in [4.69, 9.17) is 9.47 Å². The summed E-state index contributed by atoms with van der Waals surface area (Å²) < 4.78 is 10.6. The summed E-state index contributed by atoms with van der Waals surface area (Å²) >= 11 is 0. The van der Waals surface area contributed by atoms with E-state index in [-0.39, 0.29) is 24.2 Å². The van der Waals surface area contributed by atoms with Crippen LogP contribution >= 0.6 is 0 Å². The second-order valence-corrected chi connectivity index (χ2v) is 6.97. The Kier molecular flexibility index (Phi) is 5.16. The summed E-state index contributed by atoms with van der Waals surface area (Å²) in [6.07, 6.45) is 2.46. The van der Waals surface area contributed by atoms with E-state index in [0.29, 0.717) is 29.6 Å². The van der Waals surface area contributed by atoms with Gasteiger partial charge in [0.25, 0.3) is 0 Å². The number of rotatable bonds is 4. The molecule has 0 aliphatic carbocycles. The minimum absolute atomic E-state index is 0.0463. The number of amides is 2. The highest BCUT2D eigenvalue weighted by Crippen LogP contribution is 2.36. The maximum Gasteiger partial charge on any atom is 0.228 e. The molecular weight excluding hydrogens is 320 g/mol. The van der Waals surface area contributed by atoms with Gasteiger partial charge in [0.1, 0.15) is 11.5 Å². The monoisotopic (exact) mass is 346 g/mol. The Morgan fingerprint density at radius 3 is 2.68 bits per heavy atom. The summed E-state index contributed by atoms with van der Waals surface area (Å²) in [4.78, 5) is 29.0. The third-order valence-electron chi connectivity index (χ3n) is 5.12. The van der Waals surface area contributed by atoms with E-state index in [0.717, 1.165) is 19.5 Å². The van der Waals surface area contributed by atoms with Crippen molar-refractivity contribution in [2.45, 2.75) is 26.2 Å². The number of ether oxygens (including phenoxy) is 2. The van der Waals surface area contributed by atoms with E-state index in [1.165, 1.54) is 6.42 Å². The van der Waals surface area contributed by atoms with Gasteiger partial charge in [0.15, 0.2) is 0 Å². The van der Waals surface area contributed by atoms with Crippen molar-refractivity contribution < 1.29 is 19.1 Å². The molecule has 0 bridgehead atoms. The van der Waals surface area contributed by atoms with Crippen LogP contribution in [-0.2, 0) is 9.59 Å². The van der Waals surface area contributed by atoms with Crippen LogP contribution in [-0.4, -0.2) is 50.6 Å². The van der Waals surface area contributed by atoms with Gasteiger partial charge in [-0.25, -0.2) is 0 Å². The van der Waals surface area contributed by atoms with Gasteiger partial charge in [-0.05, 0) is 30.9 Å². The van der Waals surface area contributed by atoms with Gasteiger partial charge >= 0.3 is 0 Å². The topological polar surface area (TPSA) is 59.1 Å². The van der Waals surface area contributed by atoms with E-state index >= 15 is 0 Å². The summed E-state index contributed by atoms with van der Waals surface area (Å²) in [7, 11) is 3.16. The van der Waals surface area contributed by atoms with Crippen LogP contribution in [0.1, 0.15) is 26.2 Å². The number of anilines is 1. The predicted molar refractivity (Wildman–Crippen MR) is 95.0 cm³/mol. The zero-order chi connectivity index (χ0) is 18.0. The molecule has 2 aliphatic heterocycles. The largest absolute Gasteiger partial charge is 0.497 e. The molecule has 25 heavy (non-hydrogen) atoms. The molecule has 2 aliphatic rings. The Labute approximate surface area is 148 Å². The number of methoxy groups -OCH3 is 2. The zero-order valence-corrected chi connectivity index (χ0v) is 15.2. The van der Waals surface area contributed by atoms with Crippen LogP contribution in [0.2, 0.25) is 0 Å². The molecule has 6 nitrogen and oxygen atoms in total. The minimum atomic E-state index is -0.284. The Morgan fingerprint density at radius 2 is 2.00 bits per heavy atom. The van der Waals surface area contributed by atoms with Gasteiger partial charge in [0, 0.05) is 32.1 Å². The number of carbonyl (C=O) groups is 2. The number of carbonyl (C=O) groups excluding carboxylic acids is 2. The average Bonchev–Trinajstić information content (AvgIpc) is 3.02. The Bertz CT molecular complexity index is 661. The predicted octanol–water partition coefficient (Wildman–Crippen LogP) is 2.32. The summed E-state index contributed by atoms with van der Waals surface area (Å²) in [6, 6.07) is 5.36. The lowest BCUT2D eigenvalue weighted by Gasteiger charge is -2.32. The Morgan fingerprint density at radius 1 is 1.20 bits per heavy atom. The molecule has 0 spiro atoms. The fraction of sp³-hybridized carbons (Fsp3) is 0.579. The summed E-state index contributed by atoms with van der Waals surface area (Å²) in [6.45, 7) is 4.17. The molecule has 3 rings (SSSR count). The zero-order valence-electron chi connectivity index (χ0n) is 15.2. The Balaban J connectivity index is 1.77. The number of hydrogen-bond acceptors (Lipinski definition) is 4. The normalized spacial score (nSPS) is 23.7. The fourth-order valence-electron chi connectivity index (χ4n) is 3.76. The summed E-state index contributed by atoms with van der Waals surface area (Å²) in [5, 5.41) is 0. The van der Waals surface area contributed by atoms with Crippen LogP contribution in [0.3, 0.4) is 0 Å². The first kappa shape index (κ1) is 17.6. The van der Waals surface area contributed by atoms with Crippen LogP contribution < -0.4 is 14.4 Å². The molecule has 2 amide bonds. The average molecular weight is 346 g/mol. The lowest BCUT2D eigenvalue weighted by atomic mass is 9.98. The van der Waals surface area contributed by atoms with Crippen LogP contribution in [0.25, 0.3) is 0 Å². The van der Waals surface area contributed by atoms with E-state index in [1.807, 2.05) is 4.90 Å². The van der Waals surface area contributed by atoms with Crippen molar-refractivity contribution in [3.05, 3.63) is 18.2 Å². The summed E-state index contributed by atoms with van der Waals surface area (Å²) in [5.41, 5.74) is 0.661. The number of nitrogens with zero attached hydrogens (tertiary/aromatic N) is 2. The molecule has 0 unspecified atom stereocenters. The van der Waals surface area contributed by atoms with Gasteiger partial charge in [-0.1, -0.05) is 6.92 Å². The van der Waals surface area contributed by atoms with E-state index in [9.17, 15) is 9.59 Å². The van der Waals surface area contributed by atoms with Gasteiger partial charge in [0.05, 0.1) is 25.8 Å². The highest BCUT2D eigenvalue weighted by Gasteiger charge is 2.39. The van der Waals surface area contributed by atoms with Crippen LogP contribution in [0.4, 0.5) is 5.69 Å². The van der Waals surface area contributed by atoms with Crippen molar-refractivity contribution in [3.63, 3.8) is 0 Å². The van der Waals surface area contributed by atoms with E-state index < -0.39 is 0 Å². The molecule has 0 N–H and O–H groups in total. The van der Waals surface area contributed by atoms with Crippen molar-refractivity contribution in [1.29, 1.82) is 0 Å². The van der Waals surface area contributed by atoms with Gasteiger partial charge in [-0.3, -0.25) is 9.59 Å². The highest BCUT2D eigenvalue weighted by molar-refractivity contribution is 6.01. The molecular formula is C19H26N2O4. The first-order valence-corrected chi connectivity index (χ1v) is 8.84. The molecule has 0 radical (unpaired) electrons. The van der Waals surface area contributed by atoms with Crippen molar-refractivity contribution in [1.82, 2.24) is 4.90 Å². The smallest absolute Gasteiger partial charge is 0.228 e. The maximum atomic E-state index is 12.8. The molecule has 1 aromatic rings. The quantitative estimate of drug-likeness (QED) is 0.839. The van der Waals surface area contributed by atoms with Crippen molar-refractivity contribution in [2.24, 2.45) is 11.8 Å². The van der Waals surface area contributed by atoms with Crippen LogP contribution in [0.15, 0.2) is 18.2 Å². The molecule has 0 aromatic heterocycles. The van der Waals surface area contributed by atoms with Crippen molar-refractivity contribution in [2.75, 3.05) is 38.8 Å². The fourth-order valence-corrected chi connectivity index (χ4v) is 3.76. The van der Waals surface area contributed by atoms with Gasteiger partial charge in [-0.15, -0.1) is 0 Å². The van der Waals surface area contributed by atoms with Crippen molar-refractivity contribution in [3.8, 4) is 11.5 Å². The molecule has 2 heterocycles.